The first-order valence-electron chi connectivity index (χ1n) is 16.6. The van der Waals surface area contributed by atoms with Gasteiger partial charge in [-0.2, -0.15) is 0 Å². The molecule has 8 nitrogen and oxygen atoms in total. The van der Waals surface area contributed by atoms with Crippen LogP contribution in [0.3, 0.4) is 0 Å². The van der Waals surface area contributed by atoms with Gasteiger partial charge in [-0.3, -0.25) is 19.1 Å². The Kier molecular flexibility index (Phi) is 8.66. The molecule has 4 heterocycles. The summed E-state index contributed by atoms with van der Waals surface area (Å²) in [6.07, 6.45) is 8.81. The van der Waals surface area contributed by atoms with E-state index in [1.165, 1.54) is 6.42 Å². The third-order valence-corrected chi connectivity index (χ3v) is 11.0. The van der Waals surface area contributed by atoms with Crippen LogP contribution in [0.1, 0.15) is 94.1 Å². The summed E-state index contributed by atoms with van der Waals surface area (Å²) in [5, 5.41) is 0.929. The third kappa shape index (κ3) is 5.41. The quantitative estimate of drug-likeness (QED) is 0.413. The Morgan fingerprint density at radius 1 is 1.02 bits per heavy atom. The number of ketones is 1. The van der Waals surface area contributed by atoms with Crippen molar-refractivity contribution in [2.24, 2.45) is 17.6 Å². The zero-order chi connectivity index (χ0) is 30.3. The molecular weight excluding hydrogens is 547 g/mol. The minimum absolute atomic E-state index is 0.0413. The van der Waals surface area contributed by atoms with Crippen LogP contribution in [0.4, 0.5) is 4.39 Å². The highest BCUT2D eigenvalue weighted by atomic mass is 19.1. The molecule has 3 atom stereocenters. The minimum Gasteiger partial charge on any atom is -0.434 e. The number of rotatable bonds is 9. The molecule has 0 radical (unpaired) electrons. The highest BCUT2D eigenvalue weighted by Crippen LogP contribution is 2.41. The van der Waals surface area contributed by atoms with Gasteiger partial charge in [0.2, 0.25) is 5.91 Å². The molecule has 1 aromatic heterocycles. The molecule has 1 aliphatic carbocycles. The van der Waals surface area contributed by atoms with Crippen LogP contribution in [0.5, 0.6) is 0 Å². The Labute approximate surface area is 254 Å². The number of alkyl halides is 1. The second kappa shape index (κ2) is 12.3. The number of carbonyl (C=O) groups excluding carboxylic acids is 3. The Morgan fingerprint density at radius 3 is 2.42 bits per heavy atom. The van der Waals surface area contributed by atoms with Crippen LogP contribution in [0.15, 0.2) is 24.3 Å². The van der Waals surface area contributed by atoms with Gasteiger partial charge in [-0.05, 0) is 87.7 Å². The van der Waals surface area contributed by atoms with Crippen LogP contribution in [-0.2, 0) is 26.5 Å². The van der Waals surface area contributed by atoms with Crippen molar-refractivity contribution in [3.05, 3.63) is 35.5 Å². The van der Waals surface area contributed by atoms with Crippen molar-refractivity contribution in [2.45, 2.75) is 108 Å². The number of halogens is 1. The van der Waals surface area contributed by atoms with Crippen molar-refractivity contribution < 1.29 is 23.5 Å². The van der Waals surface area contributed by atoms with E-state index in [4.69, 9.17) is 10.5 Å². The second-order valence-corrected chi connectivity index (χ2v) is 13.3. The Balaban J connectivity index is 1.23. The SMILES string of the molecule is CCC1(CC)OC(=O)c2cc3cc(CC(=O)[C@@H]4[C@H](N5CCCCC5)CCN4C(=O)C4CCC([C@H](N)CF)CC4)ccc3n21. The van der Waals surface area contributed by atoms with Crippen LogP contribution < -0.4 is 5.73 Å². The molecule has 3 fully saturated rings. The van der Waals surface area contributed by atoms with Gasteiger partial charge in [0.25, 0.3) is 0 Å². The molecule has 2 N–H and O–H groups in total. The molecule has 1 amide bonds. The van der Waals surface area contributed by atoms with Crippen LogP contribution in [0, 0.1) is 11.8 Å². The topological polar surface area (TPSA) is 97.9 Å². The number of hydrogen-bond acceptors (Lipinski definition) is 6. The summed E-state index contributed by atoms with van der Waals surface area (Å²) in [5.74, 6) is -0.146. The first-order chi connectivity index (χ1) is 20.8. The Hall–Kier alpha value is -2.78. The van der Waals surface area contributed by atoms with Gasteiger partial charge in [0, 0.05) is 49.2 Å². The van der Waals surface area contributed by atoms with Crippen molar-refractivity contribution in [1.82, 2.24) is 14.4 Å². The molecule has 2 aromatic rings. The van der Waals surface area contributed by atoms with E-state index < -0.39 is 24.5 Å². The first kappa shape index (κ1) is 30.3. The second-order valence-electron chi connectivity index (χ2n) is 13.3. The summed E-state index contributed by atoms with van der Waals surface area (Å²) in [7, 11) is 0. The number of nitrogens with two attached hydrogens (primary N) is 1. The van der Waals surface area contributed by atoms with E-state index in [-0.39, 0.29) is 42.0 Å². The van der Waals surface area contributed by atoms with Gasteiger partial charge in [-0.25, -0.2) is 9.18 Å². The molecule has 4 aliphatic rings. The lowest BCUT2D eigenvalue weighted by Crippen LogP contribution is -2.54. The van der Waals surface area contributed by atoms with E-state index in [9.17, 15) is 18.8 Å². The van der Waals surface area contributed by atoms with Crippen LogP contribution in [-0.4, -0.2) is 76.5 Å². The monoisotopic (exact) mass is 594 g/mol. The van der Waals surface area contributed by atoms with Crippen LogP contribution in [0.25, 0.3) is 10.9 Å². The molecule has 1 aromatic carbocycles. The van der Waals surface area contributed by atoms with E-state index in [2.05, 4.69) is 4.90 Å². The highest BCUT2D eigenvalue weighted by molar-refractivity contribution is 5.99. The van der Waals surface area contributed by atoms with E-state index in [0.29, 0.717) is 37.9 Å². The lowest BCUT2D eigenvalue weighted by molar-refractivity contribution is -0.143. The average molecular weight is 595 g/mol. The average Bonchev–Trinajstić information content (AvgIpc) is 3.73. The summed E-state index contributed by atoms with van der Waals surface area (Å²) in [4.78, 5) is 45.2. The van der Waals surface area contributed by atoms with Crippen LogP contribution >= 0.6 is 0 Å². The maximum Gasteiger partial charge on any atom is 0.357 e. The Morgan fingerprint density at radius 2 is 1.74 bits per heavy atom. The van der Waals surface area contributed by atoms with Gasteiger partial charge in [-0.1, -0.05) is 26.3 Å². The number of aromatic nitrogens is 1. The number of fused-ring (bicyclic) bond motifs is 3. The summed E-state index contributed by atoms with van der Waals surface area (Å²) in [6.45, 7) is 6.08. The lowest BCUT2D eigenvalue weighted by atomic mass is 9.78. The molecule has 234 valence electrons. The predicted molar refractivity (Wildman–Crippen MR) is 163 cm³/mol. The molecule has 1 saturated carbocycles. The fraction of sp³-hybridized carbons (Fsp3) is 0.676. The zero-order valence-electron chi connectivity index (χ0n) is 25.7. The minimum atomic E-state index is -0.673. The van der Waals surface area contributed by atoms with Gasteiger partial charge in [0.05, 0.1) is 5.52 Å². The van der Waals surface area contributed by atoms with Crippen molar-refractivity contribution in [3.63, 3.8) is 0 Å². The number of esters is 1. The molecule has 0 unspecified atom stereocenters. The third-order valence-electron chi connectivity index (χ3n) is 11.0. The van der Waals surface area contributed by atoms with Gasteiger partial charge in [0.1, 0.15) is 18.4 Å². The number of nitrogens with zero attached hydrogens (tertiary/aromatic N) is 3. The number of hydrogen-bond donors (Lipinski definition) is 1. The van der Waals surface area contributed by atoms with Crippen molar-refractivity contribution in [2.75, 3.05) is 26.3 Å². The molecule has 43 heavy (non-hydrogen) atoms. The van der Waals surface area contributed by atoms with E-state index in [1.807, 2.05) is 47.6 Å². The van der Waals surface area contributed by atoms with E-state index in [0.717, 1.165) is 61.7 Å². The van der Waals surface area contributed by atoms with Crippen LogP contribution in [0.2, 0.25) is 0 Å². The largest absolute Gasteiger partial charge is 0.434 e. The molecule has 0 spiro atoms. The van der Waals surface area contributed by atoms with Gasteiger partial charge in [-0.15, -0.1) is 0 Å². The molecule has 3 aliphatic heterocycles. The summed E-state index contributed by atoms with van der Waals surface area (Å²) < 4.78 is 21.0. The maximum atomic E-state index is 14.2. The lowest BCUT2D eigenvalue weighted by Gasteiger charge is -2.38. The number of cyclic esters (lactones) is 1. The summed E-state index contributed by atoms with van der Waals surface area (Å²) in [6, 6.07) is 7.02. The maximum absolute atomic E-state index is 14.2. The fourth-order valence-corrected chi connectivity index (χ4v) is 8.45. The summed E-state index contributed by atoms with van der Waals surface area (Å²) in [5.41, 5.74) is 7.69. The zero-order valence-corrected chi connectivity index (χ0v) is 25.7. The van der Waals surface area contributed by atoms with Gasteiger partial charge >= 0.3 is 5.97 Å². The number of benzene rings is 1. The molecule has 2 saturated heterocycles. The Bertz CT molecular complexity index is 1360. The molecular formula is C34H47FN4O4. The van der Waals surface area contributed by atoms with E-state index >= 15 is 0 Å². The van der Waals surface area contributed by atoms with Crippen molar-refractivity contribution in [1.29, 1.82) is 0 Å². The van der Waals surface area contributed by atoms with Gasteiger partial charge in [0.15, 0.2) is 11.5 Å². The smallest absolute Gasteiger partial charge is 0.357 e. The fourth-order valence-electron chi connectivity index (χ4n) is 8.45. The number of carbonyl (C=O) groups is 3. The summed E-state index contributed by atoms with van der Waals surface area (Å²) >= 11 is 0. The normalized spacial score (nSPS) is 28.2. The number of piperidine rings is 1. The first-order valence-corrected chi connectivity index (χ1v) is 16.6. The highest BCUT2D eigenvalue weighted by Gasteiger charge is 2.47. The van der Waals surface area contributed by atoms with Crippen molar-refractivity contribution in [3.8, 4) is 0 Å². The predicted octanol–water partition coefficient (Wildman–Crippen LogP) is 4.95. The number of likely N-dealkylation sites (tertiary alicyclic amines) is 2. The molecule has 0 bridgehead atoms. The number of ether oxygens (including phenoxy) is 1. The van der Waals surface area contributed by atoms with E-state index in [1.54, 1.807) is 0 Å². The number of amides is 1. The number of Topliss-reactive ketones (excluding diaryl/α,β-unsaturated/α-hetero) is 1. The molecule has 6 rings (SSSR count). The van der Waals surface area contributed by atoms with Gasteiger partial charge < -0.3 is 15.4 Å². The standard InChI is InChI=1S/C34H47FN4O4/c1-3-34(4-2)39-27-13-8-22(18-25(27)20-29(39)33(42)43-34)19-30(40)31-28(37-15-6-5-7-16-37)14-17-38(31)32(41)24-11-9-23(10-12-24)26(36)21-35/h8,13,18,20,23-24,26,28,31H,3-7,9-12,14-17,19,21,36H2,1-2H3/t23?,24?,26-,28-,31+/m1/s1. The van der Waals surface area contributed by atoms with Crippen molar-refractivity contribution >= 4 is 28.6 Å². The molecule has 9 heteroatoms.